The summed E-state index contributed by atoms with van der Waals surface area (Å²) in [5.41, 5.74) is -4.64. The maximum atomic E-state index is 15.2. The summed E-state index contributed by atoms with van der Waals surface area (Å²) in [5.74, 6) is -9.96. The van der Waals surface area contributed by atoms with Gasteiger partial charge in [0.2, 0.25) is 12.0 Å². The highest BCUT2D eigenvalue weighted by molar-refractivity contribution is 5.98. The van der Waals surface area contributed by atoms with Crippen LogP contribution in [-0.4, -0.2) is 59.4 Å². The summed E-state index contributed by atoms with van der Waals surface area (Å²) in [5, 5.41) is 6.92. The second-order valence-corrected chi connectivity index (χ2v) is 13.6. The minimum Gasteiger partial charge on any atom is -0.493 e. The lowest BCUT2D eigenvalue weighted by Crippen LogP contribution is -2.48. The number of carbonyl (C=O) groups is 3. The van der Waals surface area contributed by atoms with Gasteiger partial charge in [0.05, 0.1) is 30.4 Å². The van der Waals surface area contributed by atoms with Gasteiger partial charge in [-0.25, -0.2) is 23.5 Å². The van der Waals surface area contributed by atoms with E-state index < -0.39 is 118 Å². The fourth-order valence-electron chi connectivity index (χ4n) is 7.32. The predicted octanol–water partition coefficient (Wildman–Crippen LogP) is 8.21. The van der Waals surface area contributed by atoms with E-state index in [9.17, 15) is 58.3 Å². The van der Waals surface area contributed by atoms with Gasteiger partial charge < -0.3 is 25.4 Å². The number of halogens is 11. The molecule has 2 unspecified atom stereocenters. The van der Waals surface area contributed by atoms with Gasteiger partial charge in [-0.15, -0.1) is 0 Å². The van der Waals surface area contributed by atoms with Crippen LogP contribution in [0, 0.1) is 29.4 Å². The Kier molecular flexibility index (Phi) is 11.1. The van der Waals surface area contributed by atoms with Gasteiger partial charge in [-0.2, -0.15) is 39.5 Å². The summed E-state index contributed by atoms with van der Waals surface area (Å²) >= 11 is 0. The lowest BCUT2D eigenvalue weighted by Gasteiger charge is -2.30. The molecule has 21 heteroatoms. The molecule has 1 heterocycles. The number of alkyl halides is 9. The zero-order chi connectivity index (χ0) is 41.6. The summed E-state index contributed by atoms with van der Waals surface area (Å²) in [6.07, 6.45) is -16.7. The van der Waals surface area contributed by atoms with Crippen LogP contribution in [-0.2, 0) is 15.7 Å². The number of rotatable bonds is 9. The molecule has 3 N–H and O–H groups in total. The van der Waals surface area contributed by atoms with Crippen LogP contribution in [0.15, 0.2) is 54.2 Å². The maximum Gasteiger partial charge on any atom is 0.429 e. The lowest BCUT2D eigenvalue weighted by atomic mass is 9.83. The van der Waals surface area contributed by atoms with Crippen molar-refractivity contribution in [3.05, 3.63) is 82.7 Å². The Balaban J connectivity index is 1.31. The molecular formula is C36H30F11N5O5. The van der Waals surface area contributed by atoms with Crippen LogP contribution in [0.4, 0.5) is 58.8 Å². The summed E-state index contributed by atoms with van der Waals surface area (Å²) < 4.78 is 162. The van der Waals surface area contributed by atoms with Crippen molar-refractivity contribution < 1.29 is 72.2 Å². The Bertz CT molecular complexity index is 2080. The number of anilines is 1. The largest absolute Gasteiger partial charge is 0.493 e. The molecule has 6 rings (SSSR count). The van der Waals surface area contributed by atoms with E-state index in [1.54, 1.807) is 0 Å². The Morgan fingerprint density at radius 3 is 2.18 bits per heavy atom. The molecule has 57 heavy (non-hydrogen) atoms. The van der Waals surface area contributed by atoms with E-state index in [0.29, 0.717) is 43.2 Å². The van der Waals surface area contributed by atoms with Gasteiger partial charge in [-0.3, -0.25) is 9.59 Å². The maximum absolute atomic E-state index is 15.2. The fourth-order valence-corrected chi connectivity index (χ4v) is 7.32. The molecule has 1 aromatic heterocycles. The molecule has 5 atom stereocenters. The molecule has 3 aliphatic rings. The molecule has 2 bridgehead atoms. The Hall–Kier alpha value is -5.50. The first-order valence-electron chi connectivity index (χ1n) is 17.2. The molecule has 3 saturated carbocycles. The molecule has 0 radical (unpaired) electrons. The summed E-state index contributed by atoms with van der Waals surface area (Å²) in [4.78, 5) is 47.6. The van der Waals surface area contributed by atoms with Gasteiger partial charge in [0.25, 0.3) is 5.91 Å². The minimum absolute atomic E-state index is 0.0184. The average molecular weight is 822 g/mol. The number of aromatic nitrogens is 2. The third kappa shape index (κ3) is 8.90. The minimum atomic E-state index is -5.17. The van der Waals surface area contributed by atoms with Crippen LogP contribution in [0.5, 0.6) is 5.75 Å². The van der Waals surface area contributed by atoms with Gasteiger partial charge in [-0.05, 0) is 68.4 Å². The number of methoxy groups -OCH3 is 1. The zero-order valence-corrected chi connectivity index (χ0v) is 29.2. The number of hydrogen-bond acceptors (Lipinski definition) is 7. The van der Waals surface area contributed by atoms with Crippen molar-refractivity contribution in [2.24, 2.45) is 17.8 Å². The number of ether oxygens (including phenoxy) is 2. The number of amides is 3. The molecule has 3 fully saturated rings. The number of hydrogen-bond donors (Lipinski definition) is 3. The number of fused-ring (bicyclic) bond motifs is 2. The number of nitrogens with one attached hydrogen (secondary N) is 3. The van der Waals surface area contributed by atoms with Crippen LogP contribution in [0.1, 0.15) is 59.8 Å². The second-order valence-electron chi connectivity index (χ2n) is 13.6. The quantitative estimate of drug-likeness (QED) is 0.147. The van der Waals surface area contributed by atoms with Crippen molar-refractivity contribution in [1.29, 1.82) is 0 Å². The standard InChI is InChI=1S/C36H30F11N5O5/c1-56-25-14-48-30(20-11-15(5-9-23(20)37)29(36(45,46)47)57-33(55)50-16-3-2-4-16)51-28(25)32(54)52-27-19-8-7-18(21(19)13-34(39,40)41)26(27)31(53)49-17-6-10-24(38)22(12-17)35(42,43)44/h5-6,9-14,16,18-19,26-27,29H,2-4,7-8H2,1H3,(H,49,53)(H,50,55)(H,52,54)/b21-13-/t18?,19?,26-,27+,29-/m0/s1. The van der Waals surface area contributed by atoms with Crippen molar-refractivity contribution in [2.75, 3.05) is 12.4 Å². The van der Waals surface area contributed by atoms with Gasteiger partial charge in [-0.1, -0.05) is 11.6 Å². The summed E-state index contributed by atoms with van der Waals surface area (Å²) in [6.45, 7) is 0. The van der Waals surface area contributed by atoms with E-state index in [0.717, 1.165) is 25.8 Å². The molecule has 306 valence electrons. The third-order valence-electron chi connectivity index (χ3n) is 10.0. The molecule has 10 nitrogen and oxygen atoms in total. The van der Waals surface area contributed by atoms with E-state index in [1.807, 2.05) is 0 Å². The molecule has 0 aliphatic heterocycles. The Morgan fingerprint density at radius 2 is 1.56 bits per heavy atom. The number of allylic oxidation sites excluding steroid dienone is 1. The second kappa shape index (κ2) is 15.4. The number of nitrogens with zero attached hydrogens (tertiary/aromatic N) is 2. The first-order valence-corrected chi connectivity index (χ1v) is 17.2. The zero-order valence-electron chi connectivity index (χ0n) is 29.2. The van der Waals surface area contributed by atoms with Gasteiger partial charge >= 0.3 is 24.6 Å². The van der Waals surface area contributed by atoms with E-state index in [4.69, 9.17) is 4.74 Å². The molecule has 2 aromatic carbocycles. The highest BCUT2D eigenvalue weighted by atomic mass is 19.4. The SMILES string of the molecule is COc1cnc(-c2cc([C@H](OC(=O)NC3CCC3)C(F)(F)F)ccc2F)nc1C(=O)N[C@@H]1C2CCC(/C2=C/C(F)(F)F)[C@@H]1C(=O)Nc1ccc(F)c(C(F)(F)F)c1. The van der Waals surface area contributed by atoms with Crippen LogP contribution in [0.25, 0.3) is 11.4 Å². The van der Waals surface area contributed by atoms with E-state index >= 15 is 4.39 Å². The predicted molar refractivity (Wildman–Crippen MR) is 175 cm³/mol. The molecule has 3 aliphatic carbocycles. The number of alkyl carbamates (subject to hydrolysis) is 1. The van der Waals surface area contributed by atoms with Crippen LogP contribution >= 0.6 is 0 Å². The number of carbonyl (C=O) groups excluding carboxylic acids is 3. The average Bonchev–Trinajstić information content (AvgIpc) is 3.61. The summed E-state index contributed by atoms with van der Waals surface area (Å²) in [6, 6.07) is 1.73. The van der Waals surface area contributed by atoms with Crippen LogP contribution in [0.2, 0.25) is 0 Å². The highest BCUT2D eigenvalue weighted by Gasteiger charge is 2.56. The lowest BCUT2D eigenvalue weighted by molar-refractivity contribution is -0.206. The molecule has 0 saturated heterocycles. The highest BCUT2D eigenvalue weighted by Crippen LogP contribution is 2.54. The molecule has 3 aromatic rings. The molecular weight excluding hydrogens is 791 g/mol. The van der Waals surface area contributed by atoms with E-state index in [-0.39, 0.29) is 30.5 Å². The van der Waals surface area contributed by atoms with Crippen LogP contribution in [0.3, 0.4) is 0 Å². The van der Waals surface area contributed by atoms with Crippen LogP contribution < -0.4 is 20.7 Å². The normalized spacial score (nSPS) is 22.1. The molecule has 3 amide bonds. The fraction of sp³-hybridized carbons (Fsp3) is 0.417. The van der Waals surface area contributed by atoms with Gasteiger partial charge in [0.1, 0.15) is 11.6 Å². The summed E-state index contributed by atoms with van der Waals surface area (Å²) in [7, 11) is 1.06. The molecule has 0 spiro atoms. The first-order chi connectivity index (χ1) is 26.6. The Labute approximate surface area is 315 Å². The van der Waals surface area contributed by atoms with E-state index in [1.165, 1.54) is 0 Å². The van der Waals surface area contributed by atoms with Crippen molar-refractivity contribution in [2.45, 2.75) is 68.8 Å². The van der Waals surface area contributed by atoms with E-state index in [2.05, 4.69) is 30.7 Å². The monoisotopic (exact) mass is 821 g/mol. The van der Waals surface area contributed by atoms with Crippen molar-refractivity contribution in [3.63, 3.8) is 0 Å². The third-order valence-corrected chi connectivity index (χ3v) is 10.0. The van der Waals surface area contributed by atoms with Crippen molar-refractivity contribution >= 4 is 23.6 Å². The topological polar surface area (TPSA) is 132 Å². The first kappa shape index (κ1) is 41.1. The van der Waals surface area contributed by atoms with Gasteiger partial charge in [0.15, 0.2) is 17.3 Å². The van der Waals surface area contributed by atoms with Gasteiger partial charge in [0, 0.05) is 35.3 Å². The smallest absolute Gasteiger partial charge is 0.429 e. The number of benzene rings is 2. The Morgan fingerprint density at radius 1 is 0.877 bits per heavy atom. The van der Waals surface area contributed by atoms with Crippen molar-refractivity contribution in [1.82, 2.24) is 20.6 Å². The van der Waals surface area contributed by atoms with Crippen molar-refractivity contribution in [3.8, 4) is 17.1 Å².